The fourth-order valence-corrected chi connectivity index (χ4v) is 2.17. The van der Waals surface area contributed by atoms with Gasteiger partial charge in [-0.25, -0.2) is 4.90 Å². The van der Waals surface area contributed by atoms with Crippen molar-refractivity contribution in [1.82, 2.24) is 0 Å². The lowest BCUT2D eigenvalue weighted by Crippen LogP contribution is -2.31. The first-order valence-electron chi connectivity index (χ1n) is 6.64. The number of benzene rings is 1. The summed E-state index contributed by atoms with van der Waals surface area (Å²) in [5.41, 5.74) is 1.16. The molecule has 0 aliphatic carbocycles. The number of hydrogen-bond acceptors (Lipinski definition) is 3. The smallest absolute Gasteiger partial charge is 0.237 e. The molecule has 2 atom stereocenters. The standard InChI is InChI=1S/C16H17NO3/c1-11-12(2)16(20)17(15(11)19)14-9-4-3-7-13(14)8-5-6-10-18/h3-4,7,9,11-12,18H,6,10H2,1-2H3. The Morgan fingerprint density at radius 2 is 1.75 bits per heavy atom. The second-order valence-corrected chi connectivity index (χ2v) is 4.88. The number of rotatable bonds is 2. The van der Waals surface area contributed by atoms with Gasteiger partial charge in [0.25, 0.3) is 0 Å². The molecule has 20 heavy (non-hydrogen) atoms. The van der Waals surface area contributed by atoms with Gasteiger partial charge < -0.3 is 5.11 Å². The van der Waals surface area contributed by atoms with Crippen LogP contribution in [0.2, 0.25) is 0 Å². The fourth-order valence-electron chi connectivity index (χ4n) is 2.17. The van der Waals surface area contributed by atoms with Crippen LogP contribution in [0.5, 0.6) is 0 Å². The Kier molecular flexibility index (Phi) is 4.21. The highest BCUT2D eigenvalue weighted by molar-refractivity contribution is 6.22. The number of carbonyl (C=O) groups excluding carboxylic acids is 2. The van der Waals surface area contributed by atoms with E-state index in [1.54, 1.807) is 32.0 Å². The first-order valence-corrected chi connectivity index (χ1v) is 6.64. The van der Waals surface area contributed by atoms with Gasteiger partial charge in [-0.2, -0.15) is 0 Å². The molecule has 2 rings (SSSR count). The summed E-state index contributed by atoms with van der Waals surface area (Å²) in [5.74, 6) is 4.75. The number of aliphatic hydroxyl groups is 1. The molecule has 4 nitrogen and oxygen atoms in total. The van der Waals surface area contributed by atoms with Crippen molar-refractivity contribution in [1.29, 1.82) is 0 Å². The molecule has 1 N–H and O–H groups in total. The molecule has 0 bridgehead atoms. The molecule has 1 aromatic rings. The maximum absolute atomic E-state index is 12.2. The number of hydrogen-bond donors (Lipinski definition) is 1. The molecule has 2 amide bonds. The number of anilines is 1. The van der Waals surface area contributed by atoms with Crippen LogP contribution in [-0.4, -0.2) is 23.5 Å². The quantitative estimate of drug-likeness (QED) is 0.656. The van der Waals surface area contributed by atoms with Crippen molar-refractivity contribution in [2.24, 2.45) is 11.8 Å². The van der Waals surface area contributed by atoms with E-state index in [0.29, 0.717) is 17.7 Å². The van der Waals surface area contributed by atoms with E-state index < -0.39 is 0 Å². The second-order valence-electron chi connectivity index (χ2n) is 4.88. The summed E-state index contributed by atoms with van der Waals surface area (Å²) >= 11 is 0. The van der Waals surface area contributed by atoms with Crippen molar-refractivity contribution in [3.63, 3.8) is 0 Å². The molecule has 2 unspecified atom stereocenters. The molecule has 0 radical (unpaired) electrons. The van der Waals surface area contributed by atoms with Crippen LogP contribution in [-0.2, 0) is 9.59 Å². The number of nitrogens with zero attached hydrogens (tertiary/aromatic N) is 1. The van der Waals surface area contributed by atoms with E-state index in [0.717, 1.165) is 0 Å². The highest BCUT2D eigenvalue weighted by atomic mass is 16.2. The van der Waals surface area contributed by atoms with Gasteiger partial charge in [-0.05, 0) is 12.1 Å². The Labute approximate surface area is 118 Å². The predicted octanol–water partition coefficient (Wildman–Crippen LogP) is 1.57. The fraction of sp³-hybridized carbons (Fsp3) is 0.375. The van der Waals surface area contributed by atoms with Crippen LogP contribution in [0.3, 0.4) is 0 Å². The van der Waals surface area contributed by atoms with E-state index in [2.05, 4.69) is 11.8 Å². The minimum absolute atomic E-state index is 0.00912. The lowest BCUT2D eigenvalue weighted by atomic mass is 10.00. The minimum atomic E-state index is -0.305. The number of aliphatic hydroxyl groups excluding tert-OH is 1. The second kappa shape index (κ2) is 5.89. The van der Waals surface area contributed by atoms with E-state index in [1.165, 1.54) is 4.90 Å². The Hall–Kier alpha value is -2.12. The van der Waals surface area contributed by atoms with E-state index in [1.807, 2.05) is 6.07 Å². The normalized spacial score (nSPS) is 21.9. The third-order valence-electron chi connectivity index (χ3n) is 3.57. The van der Waals surface area contributed by atoms with Crippen LogP contribution in [0.25, 0.3) is 0 Å². The molecule has 1 saturated heterocycles. The Bertz CT molecular complexity index is 577. The largest absolute Gasteiger partial charge is 0.395 e. The number of amides is 2. The SMILES string of the molecule is CC1C(=O)N(c2ccccc2C#CCCO)C(=O)C1C. The topological polar surface area (TPSA) is 57.6 Å². The molecule has 0 spiro atoms. The van der Waals surface area contributed by atoms with Gasteiger partial charge >= 0.3 is 0 Å². The number of para-hydroxylation sites is 1. The summed E-state index contributed by atoms with van der Waals surface area (Å²) in [7, 11) is 0. The predicted molar refractivity (Wildman–Crippen MR) is 75.8 cm³/mol. The van der Waals surface area contributed by atoms with Gasteiger partial charge in [0.15, 0.2) is 0 Å². The molecule has 104 valence electrons. The first kappa shape index (κ1) is 14.3. The highest BCUT2D eigenvalue weighted by Crippen LogP contribution is 2.32. The monoisotopic (exact) mass is 271 g/mol. The zero-order chi connectivity index (χ0) is 14.7. The minimum Gasteiger partial charge on any atom is -0.395 e. The van der Waals surface area contributed by atoms with Crippen molar-refractivity contribution in [2.75, 3.05) is 11.5 Å². The van der Waals surface area contributed by atoms with Gasteiger partial charge in [0.2, 0.25) is 11.8 Å². The van der Waals surface area contributed by atoms with Gasteiger partial charge in [-0.15, -0.1) is 0 Å². The van der Waals surface area contributed by atoms with Crippen molar-refractivity contribution >= 4 is 17.5 Å². The maximum atomic E-state index is 12.2. The van der Waals surface area contributed by atoms with Crippen LogP contribution in [0.1, 0.15) is 25.8 Å². The summed E-state index contributed by atoms with van der Waals surface area (Å²) < 4.78 is 0. The van der Waals surface area contributed by atoms with Crippen LogP contribution in [0.4, 0.5) is 5.69 Å². The molecule has 0 aromatic heterocycles. The third kappa shape index (κ3) is 2.45. The molecular formula is C16H17NO3. The summed E-state index contributed by atoms with van der Waals surface area (Å²) in [6.45, 7) is 3.53. The lowest BCUT2D eigenvalue weighted by molar-refractivity contribution is -0.122. The van der Waals surface area contributed by atoms with Crippen LogP contribution in [0, 0.1) is 23.7 Å². The number of carbonyl (C=O) groups is 2. The molecule has 4 heteroatoms. The Balaban J connectivity index is 2.41. The van der Waals surface area contributed by atoms with Gasteiger partial charge in [-0.3, -0.25) is 9.59 Å². The van der Waals surface area contributed by atoms with E-state index in [-0.39, 0.29) is 30.3 Å². The van der Waals surface area contributed by atoms with Crippen LogP contribution in [0.15, 0.2) is 24.3 Å². The van der Waals surface area contributed by atoms with E-state index in [4.69, 9.17) is 5.11 Å². The van der Waals surface area contributed by atoms with Crippen LogP contribution >= 0.6 is 0 Å². The number of imide groups is 1. The maximum Gasteiger partial charge on any atom is 0.237 e. The average molecular weight is 271 g/mol. The van der Waals surface area contributed by atoms with Gasteiger partial charge in [0.1, 0.15) is 0 Å². The van der Waals surface area contributed by atoms with E-state index in [9.17, 15) is 9.59 Å². The van der Waals surface area contributed by atoms with Gasteiger partial charge in [-0.1, -0.05) is 37.8 Å². The molecule has 1 aromatic carbocycles. The highest BCUT2D eigenvalue weighted by Gasteiger charge is 2.43. The lowest BCUT2D eigenvalue weighted by Gasteiger charge is -2.16. The van der Waals surface area contributed by atoms with Crippen molar-refractivity contribution in [2.45, 2.75) is 20.3 Å². The summed E-state index contributed by atoms with van der Waals surface area (Å²) in [4.78, 5) is 25.7. The zero-order valence-corrected chi connectivity index (χ0v) is 11.6. The molecule has 1 aliphatic rings. The Morgan fingerprint density at radius 1 is 1.15 bits per heavy atom. The average Bonchev–Trinajstić information content (AvgIpc) is 2.64. The van der Waals surface area contributed by atoms with Crippen LogP contribution < -0.4 is 4.90 Å². The zero-order valence-electron chi connectivity index (χ0n) is 11.6. The summed E-state index contributed by atoms with van der Waals surface area (Å²) in [6, 6.07) is 7.09. The molecule has 1 fully saturated rings. The molecule has 0 saturated carbocycles. The van der Waals surface area contributed by atoms with Gasteiger partial charge in [0.05, 0.1) is 12.3 Å². The summed E-state index contributed by atoms with van der Waals surface area (Å²) in [5, 5.41) is 8.76. The Morgan fingerprint density at radius 3 is 2.35 bits per heavy atom. The summed E-state index contributed by atoms with van der Waals surface area (Å²) in [6.07, 6.45) is 0.364. The van der Waals surface area contributed by atoms with Crippen molar-refractivity contribution < 1.29 is 14.7 Å². The van der Waals surface area contributed by atoms with Crippen molar-refractivity contribution in [3.8, 4) is 11.8 Å². The van der Waals surface area contributed by atoms with E-state index >= 15 is 0 Å². The molecule has 1 heterocycles. The molecular weight excluding hydrogens is 254 g/mol. The van der Waals surface area contributed by atoms with Crippen molar-refractivity contribution in [3.05, 3.63) is 29.8 Å². The first-order chi connectivity index (χ1) is 9.57. The molecule has 1 aliphatic heterocycles. The van der Waals surface area contributed by atoms with Gasteiger partial charge in [0, 0.05) is 23.8 Å². The third-order valence-corrected chi connectivity index (χ3v) is 3.57.